The lowest BCUT2D eigenvalue weighted by Crippen LogP contribution is -2.36. The summed E-state index contributed by atoms with van der Waals surface area (Å²) in [6.07, 6.45) is 2.06. The Labute approximate surface area is 105 Å². The fraction of sp³-hybridized carbons (Fsp3) is 0.923. The first-order chi connectivity index (χ1) is 7.92. The molecule has 4 heteroatoms. The van der Waals surface area contributed by atoms with Crippen LogP contribution in [0.3, 0.4) is 0 Å². The molecule has 1 N–H and O–H groups in total. The number of ether oxygens (including phenoxy) is 1. The Hall–Kier alpha value is -0.770. The minimum Gasteiger partial charge on any atom is -0.444 e. The van der Waals surface area contributed by atoms with Gasteiger partial charge in [-0.3, -0.25) is 0 Å². The molecular weight excluding hydrogens is 216 g/mol. The number of carbonyl (C=O) groups is 1. The van der Waals surface area contributed by atoms with Gasteiger partial charge in [-0.2, -0.15) is 0 Å². The molecule has 0 aromatic heterocycles. The molecule has 1 rings (SSSR count). The Morgan fingerprint density at radius 1 is 1.47 bits per heavy atom. The summed E-state index contributed by atoms with van der Waals surface area (Å²) < 4.78 is 5.36. The molecule has 0 bridgehead atoms. The highest BCUT2D eigenvalue weighted by Gasteiger charge is 2.29. The van der Waals surface area contributed by atoms with Gasteiger partial charge in [0.2, 0.25) is 0 Å². The molecule has 1 amide bonds. The Kier molecular flexibility index (Phi) is 5.25. The number of carbonyl (C=O) groups excluding carboxylic acids is 1. The lowest BCUT2D eigenvalue weighted by molar-refractivity contribution is 0.0288. The molecule has 1 aliphatic heterocycles. The highest BCUT2D eigenvalue weighted by molar-refractivity contribution is 5.68. The molecule has 0 aromatic rings. The van der Waals surface area contributed by atoms with Crippen molar-refractivity contribution in [2.24, 2.45) is 5.92 Å². The molecule has 1 saturated heterocycles. The number of nitrogens with one attached hydrogen (secondary N) is 1. The van der Waals surface area contributed by atoms with E-state index >= 15 is 0 Å². The molecule has 0 radical (unpaired) electrons. The van der Waals surface area contributed by atoms with Gasteiger partial charge in [-0.05, 0) is 52.6 Å². The lowest BCUT2D eigenvalue weighted by Gasteiger charge is -2.24. The fourth-order valence-corrected chi connectivity index (χ4v) is 1.97. The van der Waals surface area contributed by atoms with E-state index in [1.807, 2.05) is 25.7 Å². The lowest BCUT2D eigenvalue weighted by atomic mass is 10.1. The average molecular weight is 242 g/mol. The summed E-state index contributed by atoms with van der Waals surface area (Å²) in [5.74, 6) is 0.578. The third kappa shape index (κ3) is 5.39. The Balaban J connectivity index is 2.27. The van der Waals surface area contributed by atoms with Crippen molar-refractivity contribution in [2.45, 2.75) is 46.1 Å². The SMILES string of the molecule is CCCNC[C@H]1CCN(C(=O)OC(C)(C)C)C1. The summed E-state index contributed by atoms with van der Waals surface area (Å²) in [5.41, 5.74) is -0.393. The number of hydrogen-bond acceptors (Lipinski definition) is 3. The van der Waals surface area contributed by atoms with Crippen LogP contribution in [0.15, 0.2) is 0 Å². The van der Waals surface area contributed by atoms with E-state index in [-0.39, 0.29) is 6.09 Å². The minimum atomic E-state index is -0.393. The fourth-order valence-electron chi connectivity index (χ4n) is 1.97. The van der Waals surface area contributed by atoms with Crippen molar-refractivity contribution in [1.29, 1.82) is 0 Å². The molecular formula is C13H26N2O2. The van der Waals surface area contributed by atoms with Crippen molar-refractivity contribution in [2.75, 3.05) is 26.2 Å². The zero-order valence-corrected chi connectivity index (χ0v) is 11.6. The average Bonchev–Trinajstić information content (AvgIpc) is 2.64. The van der Waals surface area contributed by atoms with Crippen LogP contribution in [0.5, 0.6) is 0 Å². The smallest absolute Gasteiger partial charge is 0.410 e. The first kappa shape index (κ1) is 14.3. The summed E-state index contributed by atoms with van der Waals surface area (Å²) in [6, 6.07) is 0. The number of amides is 1. The summed E-state index contributed by atoms with van der Waals surface area (Å²) >= 11 is 0. The van der Waals surface area contributed by atoms with Crippen LogP contribution in [0.1, 0.15) is 40.5 Å². The Bertz CT molecular complexity index is 248. The molecule has 4 nitrogen and oxygen atoms in total. The predicted octanol–water partition coefficient (Wildman–Crippen LogP) is 2.24. The summed E-state index contributed by atoms with van der Waals surface area (Å²) in [7, 11) is 0. The zero-order chi connectivity index (χ0) is 12.9. The highest BCUT2D eigenvalue weighted by atomic mass is 16.6. The van der Waals surface area contributed by atoms with E-state index in [1.54, 1.807) is 0 Å². The molecule has 0 aliphatic carbocycles. The van der Waals surface area contributed by atoms with Crippen LogP contribution in [0.4, 0.5) is 4.79 Å². The Morgan fingerprint density at radius 2 is 2.18 bits per heavy atom. The number of rotatable bonds is 4. The second kappa shape index (κ2) is 6.24. The van der Waals surface area contributed by atoms with E-state index in [4.69, 9.17) is 4.74 Å². The molecule has 1 atom stereocenters. The van der Waals surface area contributed by atoms with Gasteiger partial charge in [0.25, 0.3) is 0 Å². The van der Waals surface area contributed by atoms with E-state index < -0.39 is 5.60 Å². The molecule has 1 heterocycles. The monoisotopic (exact) mass is 242 g/mol. The molecule has 1 aliphatic rings. The maximum Gasteiger partial charge on any atom is 0.410 e. The molecule has 0 aromatic carbocycles. The summed E-state index contributed by atoms with van der Waals surface area (Å²) in [5, 5.41) is 3.41. The minimum absolute atomic E-state index is 0.171. The van der Waals surface area contributed by atoms with Crippen molar-refractivity contribution in [3.8, 4) is 0 Å². The molecule has 1 fully saturated rings. The topological polar surface area (TPSA) is 41.6 Å². The van der Waals surface area contributed by atoms with Crippen molar-refractivity contribution >= 4 is 6.09 Å². The quantitative estimate of drug-likeness (QED) is 0.769. The van der Waals surface area contributed by atoms with Gasteiger partial charge in [0.15, 0.2) is 0 Å². The van der Waals surface area contributed by atoms with Crippen LogP contribution in [-0.2, 0) is 4.74 Å². The standard InChI is InChI=1S/C13H26N2O2/c1-5-7-14-9-11-6-8-15(10-11)12(16)17-13(2,3)4/h11,14H,5-10H2,1-4H3/t11-/m1/s1. The van der Waals surface area contributed by atoms with Gasteiger partial charge in [0, 0.05) is 13.1 Å². The number of hydrogen-bond donors (Lipinski definition) is 1. The normalized spacial score (nSPS) is 20.7. The van der Waals surface area contributed by atoms with Crippen LogP contribution in [0.2, 0.25) is 0 Å². The van der Waals surface area contributed by atoms with Crippen LogP contribution in [0.25, 0.3) is 0 Å². The van der Waals surface area contributed by atoms with Gasteiger partial charge >= 0.3 is 6.09 Å². The van der Waals surface area contributed by atoms with Gasteiger partial charge in [-0.15, -0.1) is 0 Å². The number of likely N-dealkylation sites (tertiary alicyclic amines) is 1. The van der Waals surface area contributed by atoms with Crippen LogP contribution in [0, 0.1) is 5.92 Å². The van der Waals surface area contributed by atoms with Gasteiger partial charge in [-0.1, -0.05) is 6.92 Å². The second-order valence-electron chi connectivity index (χ2n) is 5.79. The second-order valence-corrected chi connectivity index (χ2v) is 5.79. The van der Waals surface area contributed by atoms with E-state index in [0.717, 1.165) is 39.0 Å². The van der Waals surface area contributed by atoms with Crippen LogP contribution in [-0.4, -0.2) is 42.8 Å². The largest absolute Gasteiger partial charge is 0.444 e. The zero-order valence-electron chi connectivity index (χ0n) is 11.6. The van der Waals surface area contributed by atoms with Gasteiger partial charge in [0.05, 0.1) is 0 Å². The van der Waals surface area contributed by atoms with Gasteiger partial charge < -0.3 is 15.0 Å². The van der Waals surface area contributed by atoms with Crippen molar-refractivity contribution in [3.63, 3.8) is 0 Å². The first-order valence-electron chi connectivity index (χ1n) is 6.61. The summed E-state index contributed by atoms with van der Waals surface area (Å²) in [6.45, 7) is 11.6. The van der Waals surface area contributed by atoms with Crippen LogP contribution < -0.4 is 5.32 Å². The Morgan fingerprint density at radius 3 is 2.76 bits per heavy atom. The first-order valence-corrected chi connectivity index (χ1v) is 6.61. The third-order valence-corrected chi connectivity index (χ3v) is 2.80. The van der Waals surface area contributed by atoms with Crippen molar-refractivity contribution in [1.82, 2.24) is 10.2 Å². The number of nitrogens with zero attached hydrogens (tertiary/aromatic N) is 1. The van der Waals surface area contributed by atoms with E-state index in [0.29, 0.717) is 5.92 Å². The van der Waals surface area contributed by atoms with E-state index in [1.165, 1.54) is 0 Å². The molecule has 100 valence electrons. The third-order valence-electron chi connectivity index (χ3n) is 2.80. The maximum atomic E-state index is 11.8. The van der Waals surface area contributed by atoms with Crippen LogP contribution >= 0.6 is 0 Å². The van der Waals surface area contributed by atoms with Gasteiger partial charge in [-0.25, -0.2) is 4.79 Å². The molecule has 0 saturated carbocycles. The van der Waals surface area contributed by atoms with E-state index in [9.17, 15) is 4.79 Å². The molecule has 0 spiro atoms. The summed E-state index contributed by atoms with van der Waals surface area (Å²) in [4.78, 5) is 13.6. The van der Waals surface area contributed by atoms with Crippen molar-refractivity contribution in [3.05, 3.63) is 0 Å². The highest BCUT2D eigenvalue weighted by Crippen LogP contribution is 2.18. The predicted molar refractivity (Wildman–Crippen MR) is 69.1 cm³/mol. The van der Waals surface area contributed by atoms with E-state index in [2.05, 4.69) is 12.2 Å². The van der Waals surface area contributed by atoms with Gasteiger partial charge in [0.1, 0.15) is 5.60 Å². The van der Waals surface area contributed by atoms with Crippen molar-refractivity contribution < 1.29 is 9.53 Å². The molecule has 0 unspecified atom stereocenters. The maximum absolute atomic E-state index is 11.8. The molecule has 17 heavy (non-hydrogen) atoms.